The number of amides is 1. The first-order valence-electron chi connectivity index (χ1n) is 7.99. The molecule has 1 aliphatic rings. The Bertz CT molecular complexity index is 744. The summed E-state index contributed by atoms with van der Waals surface area (Å²) in [6.07, 6.45) is 1.14. The van der Waals surface area contributed by atoms with Crippen LogP contribution in [-0.4, -0.2) is 33.7 Å². The molecule has 0 saturated carbocycles. The van der Waals surface area contributed by atoms with E-state index < -0.39 is 0 Å². The summed E-state index contributed by atoms with van der Waals surface area (Å²) in [4.78, 5) is 26.6. The average molecular weight is 311 g/mol. The van der Waals surface area contributed by atoms with Crippen molar-refractivity contribution in [2.75, 3.05) is 13.1 Å². The van der Waals surface area contributed by atoms with Gasteiger partial charge in [0.2, 0.25) is 0 Å². The maximum absolute atomic E-state index is 12.7. The minimum absolute atomic E-state index is 0.104. The normalized spacial score (nSPS) is 21.2. The van der Waals surface area contributed by atoms with E-state index in [1.807, 2.05) is 23.1 Å². The Morgan fingerprint density at radius 2 is 1.70 bits per heavy atom. The molecule has 120 valence electrons. The number of benzene rings is 1. The number of nitrogens with zero attached hydrogens (tertiary/aromatic N) is 3. The molecule has 1 amide bonds. The number of carbonyl (C=O) groups excluding carboxylic acids is 1. The molecular weight excluding hydrogens is 290 g/mol. The van der Waals surface area contributed by atoms with Gasteiger partial charge in [0.25, 0.3) is 11.5 Å². The third kappa shape index (κ3) is 3.33. The molecule has 23 heavy (non-hydrogen) atoms. The Labute approximate surface area is 135 Å². The van der Waals surface area contributed by atoms with E-state index in [-0.39, 0.29) is 11.5 Å². The van der Waals surface area contributed by atoms with Gasteiger partial charge >= 0.3 is 0 Å². The zero-order valence-corrected chi connectivity index (χ0v) is 13.5. The van der Waals surface area contributed by atoms with Gasteiger partial charge in [-0.3, -0.25) is 9.59 Å². The number of aromatic nitrogens is 2. The SMILES string of the molecule is CC1CC(C)CN(C(=O)c2ccc(=O)n(-c3ccccc3)n2)C1. The number of hydrogen-bond acceptors (Lipinski definition) is 3. The summed E-state index contributed by atoms with van der Waals surface area (Å²) in [5.74, 6) is 0.874. The highest BCUT2D eigenvalue weighted by molar-refractivity contribution is 5.92. The van der Waals surface area contributed by atoms with Crippen LogP contribution in [0, 0.1) is 11.8 Å². The Morgan fingerprint density at radius 3 is 2.35 bits per heavy atom. The molecule has 2 heterocycles. The quantitative estimate of drug-likeness (QED) is 0.855. The maximum Gasteiger partial charge on any atom is 0.274 e. The monoisotopic (exact) mass is 311 g/mol. The highest BCUT2D eigenvalue weighted by atomic mass is 16.2. The fourth-order valence-corrected chi connectivity index (χ4v) is 3.27. The summed E-state index contributed by atoms with van der Waals surface area (Å²) in [6.45, 7) is 5.81. The third-order valence-electron chi connectivity index (χ3n) is 4.18. The van der Waals surface area contributed by atoms with Gasteiger partial charge in [-0.25, -0.2) is 0 Å². The number of piperidine rings is 1. The van der Waals surface area contributed by atoms with Crippen LogP contribution in [0.4, 0.5) is 0 Å². The van der Waals surface area contributed by atoms with Crippen LogP contribution in [0.5, 0.6) is 0 Å². The summed E-state index contributed by atoms with van der Waals surface area (Å²) >= 11 is 0. The Kier molecular flexibility index (Phi) is 4.28. The molecular formula is C18H21N3O2. The van der Waals surface area contributed by atoms with Gasteiger partial charge in [0.15, 0.2) is 0 Å². The zero-order valence-electron chi connectivity index (χ0n) is 13.5. The molecule has 1 saturated heterocycles. The van der Waals surface area contributed by atoms with E-state index in [1.165, 1.54) is 16.8 Å². The van der Waals surface area contributed by atoms with Gasteiger partial charge in [-0.1, -0.05) is 32.0 Å². The molecule has 3 rings (SSSR count). The van der Waals surface area contributed by atoms with Crippen molar-refractivity contribution in [3.63, 3.8) is 0 Å². The average Bonchev–Trinajstić information content (AvgIpc) is 2.54. The molecule has 2 unspecified atom stereocenters. The molecule has 0 radical (unpaired) electrons. The van der Waals surface area contributed by atoms with Gasteiger partial charge in [-0.2, -0.15) is 9.78 Å². The fourth-order valence-electron chi connectivity index (χ4n) is 3.27. The molecule has 5 heteroatoms. The van der Waals surface area contributed by atoms with E-state index in [2.05, 4.69) is 18.9 Å². The minimum atomic E-state index is -0.242. The minimum Gasteiger partial charge on any atom is -0.337 e. The molecule has 0 spiro atoms. The Hall–Kier alpha value is -2.43. The standard InChI is InChI=1S/C18H21N3O2/c1-13-10-14(2)12-20(11-13)18(23)16-8-9-17(22)21(19-16)15-6-4-3-5-7-15/h3-9,13-14H,10-12H2,1-2H3. The molecule has 5 nitrogen and oxygen atoms in total. The second-order valence-corrected chi connectivity index (χ2v) is 6.46. The van der Waals surface area contributed by atoms with Crippen LogP contribution < -0.4 is 5.56 Å². The van der Waals surface area contributed by atoms with Crippen molar-refractivity contribution in [1.29, 1.82) is 0 Å². The van der Waals surface area contributed by atoms with E-state index in [0.29, 0.717) is 23.2 Å². The zero-order chi connectivity index (χ0) is 16.4. The van der Waals surface area contributed by atoms with E-state index in [0.717, 1.165) is 19.5 Å². The molecule has 0 N–H and O–H groups in total. The van der Waals surface area contributed by atoms with E-state index in [1.54, 1.807) is 12.1 Å². The molecule has 2 aromatic rings. The molecule has 2 atom stereocenters. The van der Waals surface area contributed by atoms with Gasteiger partial charge in [0, 0.05) is 19.2 Å². The lowest BCUT2D eigenvalue weighted by Gasteiger charge is -2.34. The first-order chi connectivity index (χ1) is 11.0. The summed E-state index contributed by atoms with van der Waals surface area (Å²) in [7, 11) is 0. The van der Waals surface area contributed by atoms with Gasteiger partial charge < -0.3 is 4.90 Å². The van der Waals surface area contributed by atoms with Crippen LogP contribution in [0.15, 0.2) is 47.3 Å². The van der Waals surface area contributed by atoms with Crippen LogP contribution in [0.3, 0.4) is 0 Å². The molecule has 0 bridgehead atoms. The Morgan fingerprint density at radius 1 is 1.04 bits per heavy atom. The Balaban J connectivity index is 1.92. The smallest absolute Gasteiger partial charge is 0.274 e. The summed E-state index contributed by atoms with van der Waals surface area (Å²) < 4.78 is 1.28. The maximum atomic E-state index is 12.7. The van der Waals surface area contributed by atoms with E-state index in [9.17, 15) is 9.59 Å². The molecule has 1 aromatic heterocycles. The lowest BCUT2D eigenvalue weighted by atomic mass is 9.92. The number of hydrogen-bond donors (Lipinski definition) is 0. The van der Waals surface area contributed by atoms with Gasteiger partial charge in [0.05, 0.1) is 5.69 Å². The van der Waals surface area contributed by atoms with Crippen LogP contribution in [0.25, 0.3) is 5.69 Å². The summed E-state index contributed by atoms with van der Waals surface area (Å²) in [5.41, 5.74) is 0.732. The van der Waals surface area contributed by atoms with Crippen molar-refractivity contribution in [3.05, 3.63) is 58.5 Å². The topological polar surface area (TPSA) is 55.2 Å². The summed E-state index contributed by atoms with van der Waals surface area (Å²) in [6, 6.07) is 12.1. The van der Waals surface area contributed by atoms with Crippen molar-refractivity contribution < 1.29 is 4.79 Å². The van der Waals surface area contributed by atoms with Crippen molar-refractivity contribution >= 4 is 5.91 Å². The van der Waals surface area contributed by atoms with Gasteiger partial charge in [0.1, 0.15) is 5.69 Å². The predicted octanol–water partition coefficient (Wildman–Crippen LogP) is 2.35. The summed E-state index contributed by atoms with van der Waals surface area (Å²) in [5, 5.41) is 4.28. The van der Waals surface area contributed by atoms with Crippen LogP contribution >= 0.6 is 0 Å². The largest absolute Gasteiger partial charge is 0.337 e. The van der Waals surface area contributed by atoms with Gasteiger partial charge in [-0.05, 0) is 36.5 Å². The highest BCUT2D eigenvalue weighted by Crippen LogP contribution is 2.22. The van der Waals surface area contributed by atoms with Crippen LogP contribution in [0.1, 0.15) is 30.8 Å². The van der Waals surface area contributed by atoms with Crippen molar-refractivity contribution in [2.45, 2.75) is 20.3 Å². The van der Waals surface area contributed by atoms with Gasteiger partial charge in [-0.15, -0.1) is 0 Å². The van der Waals surface area contributed by atoms with Crippen LogP contribution in [0.2, 0.25) is 0 Å². The van der Waals surface area contributed by atoms with Crippen LogP contribution in [-0.2, 0) is 0 Å². The van der Waals surface area contributed by atoms with E-state index >= 15 is 0 Å². The van der Waals surface area contributed by atoms with Crippen molar-refractivity contribution in [1.82, 2.24) is 14.7 Å². The lowest BCUT2D eigenvalue weighted by molar-refractivity contribution is 0.0615. The predicted molar refractivity (Wildman–Crippen MR) is 88.7 cm³/mol. The third-order valence-corrected chi connectivity index (χ3v) is 4.18. The second-order valence-electron chi connectivity index (χ2n) is 6.46. The fraction of sp³-hybridized carbons (Fsp3) is 0.389. The molecule has 1 aliphatic heterocycles. The van der Waals surface area contributed by atoms with Crippen molar-refractivity contribution in [3.8, 4) is 5.69 Å². The number of para-hydroxylation sites is 1. The highest BCUT2D eigenvalue weighted by Gasteiger charge is 2.27. The number of likely N-dealkylation sites (tertiary alicyclic amines) is 1. The van der Waals surface area contributed by atoms with Crippen molar-refractivity contribution in [2.24, 2.45) is 11.8 Å². The molecule has 1 aromatic carbocycles. The lowest BCUT2D eigenvalue weighted by Crippen LogP contribution is -2.43. The molecule has 1 fully saturated rings. The number of rotatable bonds is 2. The number of carbonyl (C=O) groups is 1. The second kappa shape index (κ2) is 6.36. The van der Waals surface area contributed by atoms with E-state index in [4.69, 9.17) is 0 Å². The first kappa shape index (κ1) is 15.5. The first-order valence-corrected chi connectivity index (χ1v) is 7.99. The molecule has 0 aliphatic carbocycles.